The molecule has 0 aliphatic heterocycles. The van der Waals surface area contributed by atoms with Gasteiger partial charge in [0, 0.05) is 19.0 Å². The quantitative estimate of drug-likeness (QED) is 0.666. The molecule has 1 fully saturated rings. The molecule has 0 unspecified atom stereocenters. The highest BCUT2D eigenvalue weighted by Crippen LogP contribution is 2.29. The van der Waals surface area contributed by atoms with Gasteiger partial charge in [-0.2, -0.15) is 0 Å². The summed E-state index contributed by atoms with van der Waals surface area (Å²) in [6, 6.07) is 0. The van der Waals surface area contributed by atoms with Crippen LogP contribution in [0.4, 0.5) is 0 Å². The molecule has 1 saturated carbocycles. The van der Waals surface area contributed by atoms with Gasteiger partial charge in [0.15, 0.2) is 0 Å². The normalized spacial score (nSPS) is 32.2. The van der Waals surface area contributed by atoms with E-state index in [1.165, 1.54) is 31.0 Å². The van der Waals surface area contributed by atoms with Crippen LogP contribution in [0.25, 0.3) is 0 Å². The zero-order valence-corrected chi connectivity index (χ0v) is 8.77. The minimum absolute atomic E-state index is 0.843. The van der Waals surface area contributed by atoms with Crippen LogP contribution in [0.3, 0.4) is 0 Å². The Labute approximate surface area is 77.6 Å². The van der Waals surface area contributed by atoms with Gasteiger partial charge < -0.3 is 4.74 Å². The van der Waals surface area contributed by atoms with E-state index in [2.05, 4.69) is 15.9 Å². The minimum atomic E-state index is 0.843. The van der Waals surface area contributed by atoms with E-state index in [4.69, 9.17) is 4.74 Å². The van der Waals surface area contributed by atoms with E-state index < -0.39 is 0 Å². The SMILES string of the molecule is COCC1CCC(CBr)CC1. The van der Waals surface area contributed by atoms with Crippen LogP contribution in [0.5, 0.6) is 0 Å². The van der Waals surface area contributed by atoms with E-state index in [1.807, 2.05) is 0 Å². The van der Waals surface area contributed by atoms with Crippen LogP contribution in [0.1, 0.15) is 25.7 Å². The Morgan fingerprint density at radius 2 is 1.73 bits per heavy atom. The molecule has 2 heteroatoms. The van der Waals surface area contributed by atoms with Gasteiger partial charge in [-0.05, 0) is 37.5 Å². The summed E-state index contributed by atoms with van der Waals surface area (Å²) in [6.45, 7) is 0.967. The molecule has 0 heterocycles. The molecule has 1 rings (SSSR count). The van der Waals surface area contributed by atoms with Gasteiger partial charge in [0.1, 0.15) is 0 Å². The van der Waals surface area contributed by atoms with Gasteiger partial charge in [0.2, 0.25) is 0 Å². The second kappa shape index (κ2) is 5.15. The van der Waals surface area contributed by atoms with Gasteiger partial charge in [0.05, 0.1) is 0 Å². The molecule has 66 valence electrons. The van der Waals surface area contributed by atoms with E-state index in [1.54, 1.807) is 7.11 Å². The molecule has 0 bridgehead atoms. The molecule has 1 aliphatic carbocycles. The van der Waals surface area contributed by atoms with Gasteiger partial charge in [-0.1, -0.05) is 15.9 Å². The van der Waals surface area contributed by atoms with Gasteiger partial charge in [-0.15, -0.1) is 0 Å². The van der Waals surface area contributed by atoms with Crippen LogP contribution in [0.15, 0.2) is 0 Å². The molecule has 0 amide bonds. The van der Waals surface area contributed by atoms with Gasteiger partial charge in [0.25, 0.3) is 0 Å². The lowest BCUT2D eigenvalue weighted by Crippen LogP contribution is -2.18. The van der Waals surface area contributed by atoms with Crippen LogP contribution >= 0.6 is 15.9 Å². The van der Waals surface area contributed by atoms with Crippen molar-refractivity contribution < 1.29 is 4.74 Å². The highest BCUT2D eigenvalue weighted by Gasteiger charge is 2.19. The third kappa shape index (κ3) is 3.12. The van der Waals surface area contributed by atoms with E-state index in [0.29, 0.717) is 0 Å². The lowest BCUT2D eigenvalue weighted by molar-refractivity contribution is 0.122. The highest BCUT2D eigenvalue weighted by molar-refractivity contribution is 9.09. The fourth-order valence-electron chi connectivity index (χ4n) is 1.79. The van der Waals surface area contributed by atoms with Gasteiger partial charge >= 0.3 is 0 Å². The Hall–Kier alpha value is 0.440. The average molecular weight is 221 g/mol. The minimum Gasteiger partial charge on any atom is -0.384 e. The number of rotatable bonds is 3. The van der Waals surface area contributed by atoms with Crippen LogP contribution in [-0.4, -0.2) is 19.0 Å². The first-order chi connectivity index (χ1) is 5.36. The van der Waals surface area contributed by atoms with Crippen molar-refractivity contribution in [2.75, 3.05) is 19.0 Å². The number of hydrogen-bond acceptors (Lipinski definition) is 1. The Balaban J connectivity index is 2.14. The molecule has 0 N–H and O–H groups in total. The molecule has 0 aromatic heterocycles. The summed E-state index contributed by atoms with van der Waals surface area (Å²) in [5.74, 6) is 1.78. The topological polar surface area (TPSA) is 9.23 Å². The van der Waals surface area contributed by atoms with Crippen molar-refractivity contribution in [2.24, 2.45) is 11.8 Å². The summed E-state index contributed by atoms with van der Waals surface area (Å²) >= 11 is 3.54. The van der Waals surface area contributed by atoms with Crippen LogP contribution in [-0.2, 0) is 4.74 Å². The zero-order chi connectivity index (χ0) is 8.10. The molecular weight excluding hydrogens is 204 g/mol. The van der Waals surface area contributed by atoms with Crippen molar-refractivity contribution in [1.82, 2.24) is 0 Å². The molecule has 0 aromatic rings. The predicted octanol–water partition coefficient (Wildman–Crippen LogP) is 2.83. The van der Waals surface area contributed by atoms with Gasteiger partial charge in [-0.25, -0.2) is 0 Å². The lowest BCUT2D eigenvalue weighted by Gasteiger charge is -2.26. The molecule has 0 radical (unpaired) electrons. The molecule has 1 aliphatic rings. The Morgan fingerprint density at radius 1 is 1.18 bits per heavy atom. The fourth-order valence-corrected chi connectivity index (χ4v) is 2.44. The summed E-state index contributed by atoms with van der Waals surface area (Å²) in [6.07, 6.45) is 5.51. The third-order valence-corrected chi connectivity index (χ3v) is 3.50. The Morgan fingerprint density at radius 3 is 2.18 bits per heavy atom. The molecule has 0 aromatic carbocycles. The second-order valence-corrected chi connectivity index (χ2v) is 4.14. The van der Waals surface area contributed by atoms with Crippen LogP contribution in [0, 0.1) is 11.8 Å². The number of methoxy groups -OCH3 is 1. The van der Waals surface area contributed by atoms with E-state index in [9.17, 15) is 0 Å². The van der Waals surface area contributed by atoms with Crippen molar-refractivity contribution in [1.29, 1.82) is 0 Å². The average Bonchev–Trinajstić information content (AvgIpc) is 2.07. The first-order valence-electron chi connectivity index (χ1n) is 4.41. The van der Waals surface area contributed by atoms with Crippen molar-refractivity contribution in [3.05, 3.63) is 0 Å². The summed E-state index contributed by atoms with van der Waals surface area (Å²) in [5.41, 5.74) is 0. The molecule has 0 spiro atoms. The van der Waals surface area contributed by atoms with E-state index >= 15 is 0 Å². The Kier molecular flexibility index (Phi) is 4.46. The number of halogens is 1. The smallest absolute Gasteiger partial charge is 0.0490 e. The largest absolute Gasteiger partial charge is 0.384 e. The van der Waals surface area contributed by atoms with E-state index in [0.717, 1.165) is 18.4 Å². The number of ether oxygens (including phenoxy) is 1. The molecule has 11 heavy (non-hydrogen) atoms. The summed E-state index contributed by atoms with van der Waals surface area (Å²) < 4.78 is 5.14. The van der Waals surface area contributed by atoms with Crippen molar-refractivity contribution >= 4 is 15.9 Å². The first kappa shape index (κ1) is 9.53. The highest BCUT2D eigenvalue weighted by atomic mass is 79.9. The maximum Gasteiger partial charge on any atom is 0.0490 e. The maximum absolute atomic E-state index is 5.14. The van der Waals surface area contributed by atoms with Crippen LogP contribution in [0.2, 0.25) is 0 Å². The van der Waals surface area contributed by atoms with E-state index in [-0.39, 0.29) is 0 Å². The number of alkyl halides is 1. The standard InChI is InChI=1S/C9H17BrO/c1-11-7-9-4-2-8(6-10)3-5-9/h8-9H,2-7H2,1H3. The van der Waals surface area contributed by atoms with Gasteiger partial charge in [-0.3, -0.25) is 0 Å². The summed E-state index contributed by atoms with van der Waals surface area (Å²) in [4.78, 5) is 0. The second-order valence-electron chi connectivity index (χ2n) is 3.50. The molecule has 1 nitrogen and oxygen atoms in total. The zero-order valence-electron chi connectivity index (χ0n) is 7.18. The number of hydrogen-bond donors (Lipinski definition) is 0. The van der Waals surface area contributed by atoms with Crippen molar-refractivity contribution in [2.45, 2.75) is 25.7 Å². The van der Waals surface area contributed by atoms with Crippen LogP contribution < -0.4 is 0 Å². The fraction of sp³-hybridized carbons (Fsp3) is 1.00. The Bertz CT molecular complexity index is 97.7. The summed E-state index contributed by atoms with van der Waals surface area (Å²) in [7, 11) is 1.80. The molecule has 0 saturated heterocycles. The maximum atomic E-state index is 5.14. The van der Waals surface area contributed by atoms with Crippen molar-refractivity contribution in [3.8, 4) is 0 Å². The van der Waals surface area contributed by atoms with Crippen molar-refractivity contribution in [3.63, 3.8) is 0 Å². The monoisotopic (exact) mass is 220 g/mol. The lowest BCUT2D eigenvalue weighted by atomic mass is 9.83. The third-order valence-electron chi connectivity index (χ3n) is 2.59. The first-order valence-corrected chi connectivity index (χ1v) is 5.54. The molecular formula is C9H17BrO. The molecule has 0 atom stereocenters. The predicted molar refractivity (Wildman–Crippen MR) is 51.1 cm³/mol. The summed E-state index contributed by atoms with van der Waals surface area (Å²) in [5, 5.41) is 1.19.